The number of aliphatic imine (C=N–C) groups is 1. The Labute approximate surface area is 212 Å². The third kappa shape index (κ3) is 6.19. The smallest absolute Gasteiger partial charge is 0.258 e. The molecule has 1 aromatic heterocycles. The number of H-pyrrole nitrogens is 1. The lowest BCUT2D eigenvalue weighted by atomic mass is 9.54. The highest BCUT2D eigenvalue weighted by Crippen LogP contribution is 2.53. The number of carbonyl (C=O) groups excluding carboxylic acids is 1. The van der Waals surface area contributed by atoms with E-state index in [1.54, 1.807) is 13.3 Å². The van der Waals surface area contributed by atoms with Crippen LogP contribution in [0.4, 0.5) is 0 Å². The highest BCUT2D eigenvalue weighted by molar-refractivity contribution is 7.99. The summed E-state index contributed by atoms with van der Waals surface area (Å²) in [6.45, 7) is 1.26. The summed E-state index contributed by atoms with van der Waals surface area (Å²) in [5.41, 5.74) is 0.503. The number of nitrogens with zero attached hydrogens (tertiary/aromatic N) is 4. The maximum Gasteiger partial charge on any atom is 0.258 e. The first-order chi connectivity index (χ1) is 17.2. The molecule has 1 heterocycles. The van der Waals surface area contributed by atoms with E-state index in [9.17, 15) is 4.79 Å². The van der Waals surface area contributed by atoms with Crippen LogP contribution in [0.25, 0.3) is 0 Å². The Kier molecular flexibility index (Phi) is 8.26. The zero-order valence-electron chi connectivity index (χ0n) is 20.7. The number of nitrogens with one attached hydrogen (secondary N) is 3. The van der Waals surface area contributed by atoms with Crippen LogP contribution in [0.2, 0.25) is 0 Å². The van der Waals surface area contributed by atoms with Gasteiger partial charge in [0.2, 0.25) is 11.0 Å². The number of amides is 1. The molecule has 1 aromatic rings. The first kappa shape index (κ1) is 24.6. The number of aromatic nitrogens is 4. The number of rotatable bonds is 11. The number of carbonyl (C=O) groups is 1. The second-order valence-electron chi connectivity index (χ2n) is 10.9. The fourth-order valence-corrected chi connectivity index (χ4v) is 7.64. The Hall–Kier alpha value is -2.10. The molecule has 0 atom stereocenters. The minimum Gasteiger partial charge on any atom is -0.478 e. The van der Waals surface area contributed by atoms with Crippen LogP contribution in [0.3, 0.4) is 0 Å². The summed E-state index contributed by atoms with van der Waals surface area (Å²) < 4.78 is 6.32. The quantitative estimate of drug-likeness (QED) is 0.140. The van der Waals surface area contributed by atoms with Gasteiger partial charge in [-0.2, -0.15) is 0 Å². The largest absolute Gasteiger partial charge is 0.478 e. The topological polar surface area (TPSA) is 117 Å². The van der Waals surface area contributed by atoms with E-state index in [0.717, 1.165) is 17.6 Å². The summed E-state index contributed by atoms with van der Waals surface area (Å²) in [6.07, 6.45) is 14.4. The SMILES string of the molecule is C/N=C\C(C(=O)NC1C2CC3CC(C2)CC1C3)=C(/NCCSc1nnn[nH]1)OCC1CCCCC1. The van der Waals surface area contributed by atoms with Gasteiger partial charge < -0.3 is 15.4 Å². The minimum atomic E-state index is -0.0636. The summed E-state index contributed by atoms with van der Waals surface area (Å²) in [5.74, 6) is 4.77. The Morgan fingerprint density at radius 1 is 1.14 bits per heavy atom. The van der Waals surface area contributed by atoms with Gasteiger partial charge in [-0.1, -0.05) is 31.0 Å². The van der Waals surface area contributed by atoms with Gasteiger partial charge >= 0.3 is 0 Å². The zero-order valence-corrected chi connectivity index (χ0v) is 21.6. The van der Waals surface area contributed by atoms with E-state index in [1.165, 1.54) is 76.0 Å². The van der Waals surface area contributed by atoms with Crippen LogP contribution >= 0.6 is 11.8 Å². The molecule has 0 saturated heterocycles. The lowest BCUT2D eigenvalue weighted by Crippen LogP contribution is -2.56. The van der Waals surface area contributed by atoms with E-state index in [-0.39, 0.29) is 11.9 Å². The van der Waals surface area contributed by atoms with Crippen LogP contribution in [0.15, 0.2) is 21.6 Å². The van der Waals surface area contributed by atoms with Gasteiger partial charge in [0.05, 0.1) is 6.61 Å². The highest BCUT2D eigenvalue weighted by atomic mass is 32.2. The summed E-state index contributed by atoms with van der Waals surface area (Å²) in [7, 11) is 1.71. The van der Waals surface area contributed by atoms with Crippen molar-refractivity contribution in [1.29, 1.82) is 0 Å². The average Bonchev–Trinajstić information content (AvgIpc) is 3.38. The van der Waals surface area contributed by atoms with Crippen molar-refractivity contribution >= 4 is 23.9 Å². The molecular formula is C25H39N7O2S. The van der Waals surface area contributed by atoms with Gasteiger partial charge in [-0.05, 0) is 85.0 Å². The molecule has 5 aliphatic rings. The molecule has 5 saturated carbocycles. The lowest BCUT2D eigenvalue weighted by molar-refractivity contribution is -0.121. The van der Waals surface area contributed by atoms with E-state index in [4.69, 9.17) is 4.74 Å². The lowest BCUT2D eigenvalue weighted by Gasteiger charge is -2.54. The van der Waals surface area contributed by atoms with Gasteiger partial charge in [-0.3, -0.25) is 9.79 Å². The van der Waals surface area contributed by atoms with Gasteiger partial charge in [0.1, 0.15) is 5.57 Å². The van der Waals surface area contributed by atoms with Crippen molar-refractivity contribution in [3.05, 3.63) is 11.5 Å². The summed E-state index contributed by atoms with van der Waals surface area (Å²) in [5, 5.41) is 21.4. The van der Waals surface area contributed by atoms with Gasteiger partial charge in [-0.15, -0.1) is 5.10 Å². The highest BCUT2D eigenvalue weighted by Gasteiger charge is 2.48. The van der Waals surface area contributed by atoms with Crippen molar-refractivity contribution in [2.75, 3.05) is 26.0 Å². The maximum absolute atomic E-state index is 13.6. The molecule has 35 heavy (non-hydrogen) atoms. The van der Waals surface area contributed by atoms with Gasteiger partial charge in [0.25, 0.3) is 5.91 Å². The molecule has 1 amide bonds. The fourth-order valence-electron chi connectivity index (χ4n) is 7.04. The predicted octanol–water partition coefficient (Wildman–Crippen LogP) is 3.33. The predicted molar refractivity (Wildman–Crippen MR) is 136 cm³/mol. The molecule has 6 rings (SSSR count). The average molecular weight is 502 g/mol. The monoisotopic (exact) mass is 501 g/mol. The number of hydrogen-bond donors (Lipinski definition) is 3. The molecule has 4 bridgehead atoms. The van der Waals surface area contributed by atoms with Crippen molar-refractivity contribution in [2.45, 2.75) is 75.4 Å². The number of hydrogen-bond acceptors (Lipinski definition) is 8. The molecule has 192 valence electrons. The first-order valence-corrected chi connectivity index (χ1v) is 14.4. The molecule has 0 aliphatic heterocycles. The number of tetrazole rings is 1. The molecule has 9 nitrogen and oxygen atoms in total. The summed E-state index contributed by atoms with van der Waals surface area (Å²) in [6, 6.07) is 0.282. The molecule has 3 N–H and O–H groups in total. The normalized spacial score (nSPS) is 30.9. The molecule has 5 aliphatic carbocycles. The van der Waals surface area contributed by atoms with Crippen LogP contribution in [-0.2, 0) is 9.53 Å². The minimum absolute atomic E-state index is 0.0636. The van der Waals surface area contributed by atoms with Crippen molar-refractivity contribution in [3.8, 4) is 0 Å². The molecule has 5 fully saturated rings. The molecule has 0 spiro atoms. The molecule has 0 radical (unpaired) electrons. The fraction of sp³-hybridized carbons (Fsp3) is 0.800. The van der Waals surface area contributed by atoms with Gasteiger partial charge in [0, 0.05) is 31.6 Å². The van der Waals surface area contributed by atoms with Crippen LogP contribution in [0.5, 0.6) is 0 Å². The molecule has 10 heteroatoms. The molecule has 0 aromatic carbocycles. The van der Waals surface area contributed by atoms with E-state index in [1.807, 2.05) is 0 Å². The Bertz CT molecular complexity index is 870. The van der Waals surface area contributed by atoms with E-state index >= 15 is 0 Å². The molecular weight excluding hydrogens is 462 g/mol. The van der Waals surface area contributed by atoms with Gasteiger partial charge in [-0.25, -0.2) is 5.10 Å². The van der Waals surface area contributed by atoms with Crippen molar-refractivity contribution in [2.24, 2.45) is 34.6 Å². The van der Waals surface area contributed by atoms with Crippen LogP contribution in [0, 0.1) is 29.6 Å². The van der Waals surface area contributed by atoms with Gasteiger partial charge in [0.15, 0.2) is 0 Å². The standard InChI is InChI=1S/C25H39N7O2S/c1-26-14-21(23(33)28-22-19-10-17-9-18(12-19)13-20(22)11-17)24(34-15-16-5-3-2-4-6-16)27-7-8-35-25-29-31-32-30-25/h14,16-20,22,27H,2-13,15H2,1H3,(H,28,33)(H,29,30,31,32)/b24-21-,26-14-. The molecule has 0 unspecified atom stereocenters. The van der Waals surface area contributed by atoms with Crippen molar-refractivity contribution in [1.82, 2.24) is 31.3 Å². The van der Waals surface area contributed by atoms with E-state index in [0.29, 0.717) is 47.5 Å². The zero-order chi connectivity index (χ0) is 24.0. The number of ether oxygens (including phenoxy) is 1. The summed E-state index contributed by atoms with van der Waals surface area (Å²) in [4.78, 5) is 17.8. The van der Waals surface area contributed by atoms with Crippen LogP contribution in [-0.4, -0.2) is 64.7 Å². The first-order valence-electron chi connectivity index (χ1n) is 13.4. The van der Waals surface area contributed by atoms with Crippen molar-refractivity contribution < 1.29 is 9.53 Å². The van der Waals surface area contributed by atoms with E-state index < -0.39 is 0 Å². The number of aromatic amines is 1. The second kappa shape index (κ2) is 11.8. The van der Waals surface area contributed by atoms with Crippen LogP contribution in [0.1, 0.15) is 64.2 Å². The third-order valence-corrected chi connectivity index (χ3v) is 9.27. The summed E-state index contributed by atoms with van der Waals surface area (Å²) >= 11 is 1.53. The third-order valence-electron chi connectivity index (χ3n) is 8.41. The van der Waals surface area contributed by atoms with E-state index in [2.05, 4.69) is 36.3 Å². The van der Waals surface area contributed by atoms with Crippen molar-refractivity contribution in [3.63, 3.8) is 0 Å². The number of thioether (sulfide) groups is 1. The van der Waals surface area contributed by atoms with Crippen LogP contribution < -0.4 is 10.6 Å². The maximum atomic E-state index is 13.6. The Balaban J connectivity index is 1.27. The Morgan fingerprint density at radius 2 is 1.89 bits per heavy atom. The Morgan fingerprint density at radius 3 is 2.54 bits per heavy atom. The second-order valence-corrected chi connectivity index (χ2v) is 11.9.